The van der Waals surface area contributed by atoms with Gasteiger partial charge in [-0.1, -0.05) is 20.8 Å². The van der Waals surface area contributed by atoms with Crippen molar-refractivity contribution in [1.82, 2.24) is 15.1 Å². The first-order valence-corrected chi connectivity index (χ1v) is 7.91. The molecule has 0 aliphatic carbocycles. The number of likely N-dealkylation sites (N-methyl/N-ethyl adjacent to an activating group) is 1. The zero-order valence-corrected chi connectivity index (χ0v) is 13.5. The number of amides is 1. The lowest BCUT2D eigenvalue weighted by Crippen LogP contribution is -2.47. The quantitative estimate of drug-likeness (QED) is 0.688. The van der Waals surface area contributed by atoms with Gasteiger partial charge in [-0.05, 0) is 25.4 Å². The summed E-state index contributed by atoms with van der Waals surface area (Å²) in [6.07, 6.45) is 1.17. The van der Waals surface area contributed by atoms with Crippen molar-refractivity contribution < 1.29 is 14.7 Å². The molecule has 122 valence electrons. The molecule has 0 aromatic heterocycles. The number of carbonyl (C=O) groups excluding carboxylic acids is 1. The molecule has 6 heteroatoms. The summed E-state index contributed by atoms with van der Waals surface area (Å²) in [7, 11) is 0. The third-order valence-corrected chi connectivity index (χ3v) is 4.04. The van der Waals surface area contributed by atoms with Crippen LogP contribution in [0.4, 0.5) is 0 Å². The number of carboxylic acid groups (broad SMARTS) is 1. The Balaban J connectivity index is 2.20. The zero-order valence-electron chi connectivity index (χ0n) is 13.5. The van der Waals surface area contributed by atoms with Crippen LogP contribution in [0.15, 0.2) is 0 Å². The second-order valence-corrected chi connectivity index (χ2v) is 6.01. The molecular formula is C15H29N3O3. The van der Waals surface area contributed by atoms with E-state index in [-0.39, 0.29) is 11.8 Å². The maximum absolute atomic E-state index is 11.8. The van der Waals surface area contributed by atoms with Crippen LogP contribution in [0, 0.1) is 5.92 Å². The predicted molar refractivity (Wildman–Crippen MR) is 82.2 cm³/mol. The fraction of sp³-hybridized carbons (Fsp3) is 0.867. The van der Waals surface area contributed by atoms with Crippen LogP contribution in [-0.2, 0) is 9.59 Å². The Hall–Kier alpha value is -1.14. The summed E-state index contributed by atoms with van der Waals surface area (Å²) in [5.74, 6) is -1.23. The highest BCUT2D eigenvalue weighted by Crippen LogP contribution is 2.05. The number of nitrogens with zero attached hydrogens (tertiary/aromatic N) is 2. The van der Waals surface area contributed by atoms with Crippen LogP contribution in [0.3, 0.4) is 0 Å². The first-order chi connectivity index (χ1) is 9.93. The molecule has 0 saturated carbocycles. The van der Waals surface area contributed by atoms with Gasteiger partial charge < -0.3 is 20.2 Å². The second kappa shape index (κ2) is 9.00. The third-order valence-electron chi connectivity index (χ3n) is 4.04. The average Bonchev–Trinajstić information content (AvgIpc) is 2.45. The number of rotatable bonds is 8. The van der Waals surface area contributed by atoms with Crippen molar-refractivity contribution in [3.8, 4) is 0 Å². The first-order valence-electron chi connectivity index (χ1n) is 7.91. The molecular weight excluding hydrogens is 270 g/mol. The van der Waals surface area contributed by atoms with Crippen LogP contribution in [0.5, 0.6) is 0 Å². The van der Waals surface area contributed by atoms with E-state index >= 15 is 0 Å². The monoisotopic (exact) mass is 299 g/mol. The fourth-order valence-electron chi connectivity index (χ4n) is 2.55. The standard InChI is InChI=1S/C15H29N3O3/c1-4-17-8-10-18(11-9-17)7-5-6-13(19)16-14(12(2)3)15(20)21/h12,14H,4-11H2,1-3H3,(H,16,19)(H,20,21). The van der Waals surface area contributed by atoms with Crippen molar-refractivity contribution in [3.05, 3.63) is 0 Å². The van der Waals surface area contributed by atoms with Gasteiger partial charge in [0.05, 0.1) is 0 Å². The van der Waals surface area contributed by atoms with E-state index in [4.69, 9.17) is 5.11 Å². The van der Waals surface area contributed by atoms with Gasteiger partial charge in [-0.15, -0.1) is 0 Å². The summed E-state index contributed by atoms with van der Waals surface area (Å²) in [4.78, 5) is 27.6. The molecule has 1 fully saturated rings. The molecule has 2 N–H and O–H groups in total. The molecule has 1 atom stereocenters. The highest BCUT2D eigenvalue weighted by Gasteiger charge is 2.23. The molecule has 1 aliphatic rings. The number of carboxylic acids is 1. The summed E-state index contributed by atoms with van der Waals surface area (Å²) in [6, 6.07) is -0.786. The van der Waals surface area contributed by atoms with Gasteiger partial charge in [-0.3, -0.25) is 4.79 Å². The maximum Gasteiger partial charge on any atom is 0.326 e. The van der Waals surface area contributed by atoms with Crippen LogP contribution in [0.2, 0.25) is 0 Å². The molecule has 1 saturated heterocycles. The van der Waals surface area contributed by atoms with Gasteiger partial charge in [-0.2, -0.15) is 0 Å². The Morgan fingerprint density at radius 3 is 2.19 bits per heavy atom. The minimum absolute atomic E-state index is 0.103. The molecule has 0 spiro atoms. The van der Waals surface area contributed by atoms with Gasteiger partial charge in [0, 0.05) is 32.6 Å². The Kier molecular flexibility index (Phi) is 7.67. The van der Waals surface area contributed by atoms with E-state index in [0.29, 0.717) is 6.42 Å². The van der Waals surface area contributed by atoms with Crippen LogP contribution in [0.1, 0.15) is 33.6 Å². The van der Waals surface area contributed by atoms with Crippen molar-refractivity contribution >= 4 is 11.9 Å². The van der Waals surface area contributed by atoms with Crippen LogP contribution in [0.25, 0.3) is 0 Å². The third kappa shape index (κ3) is 6.44. The summed E-state index contributed by atoms with van der Waals surface area (Å²) in [5, 5.41) is 11.6. The van der Waals surface area contributed by atoms with Gasteiger partial charge in [0.25, 0.3) is 0 Å². The highest BCUT2D eigenvalue weighted by molar-refractivity contribution is 5.83. The normalized spacial score (nSPS) is 18.7. The second-order valence-electron chi connectivity index (χ2n) is 6.01. The Morgan fingerprint density at radius 2 is 1.71 bits per heavy atom. The van der Waals surface area contributed by atoms with Gasteiger partial charge in [0.2, 0.25) is 5.91 Å². The lowest BCUT2D eigenvalue weighted by molar-refractivity contribution is -0.143. The van der Waals surface area contributed by atoms with E-state index in [9.17, 15) is 9.59 Å². The predicted octanol–water partition coefficient (Wildman–Crippen LogP) is 0.630. The number of nitrogens with one attached hydrogen (secondary N) is 1. The lowest BCUT2D eigenvalue weighted by atomic mass is 10.0. The number of hydrogen-bond acceptors (Lipinski definition) is 4. The van der Waals surface area contributed by atoms with E-state index in [1.54, 1.807) is 13.8 Å². The van der Waals surface area contributed by atoms with Gasteiger partial charge in [-0.25, -0.2) is 4.79 Å². The summed E-state index contributed by atoms with van der Waals surface area (Å²) in [6.45, 7) is 12.1. The first kappa shape index (κ1) is 17.9. The van der Waals surface area contributed by atoms with Gasteiger partial charge >= 0.3 is 5.97 Å². The molecule has 21 heavy (non-hydrogen) atoms. The van der Waals surface area contributed by atoms with Crippen molar-refractivity contribution in [3.63, 3.8) is 0 Å². The van der Waals surface area contributed by atoms with Gasteiger partial charge in [0.15, 0.2) is 0 Å². The molecule has 1 amide bonds. The van der Waals surface area contributed by atoms with E-state index in [0.717, 1.165) is 45.7 Å². The van der Waals surface area contributed by atoms with Crippen LogP contribution >= 0.6 is 0 Å². The van der Waals surface area contributed by atoms with E-state index in [1.807, 2.05) is 0 Å². The number of piperazine rings is 1. The van der Waals surface area contributed by atoms with Crippen LogP contribution in [-0.4, -0.2) is 72.1 Å². The molecule has 0 aromatic carbocycles. The smallest absolute Gasteiger partial charge is 0.326 e. The Bertz CT molecular complexity index is 339. The molecule has 1 unspecified atom stereocenters. The summed E-state index contributed by atoms with van der Waals surface area (Å²) >= 11 is 0. The average molecular weight is 299 g/mol. The van der Waals surface area contributed by atoms with Crippen molar-refractivity contribution in [2.24, 2.45) is 5.92 Å². The SMILES string of the molecule is CCN1CCN(CCCC(=O)NC(C(=O)O)C(C)C)CC1. The fourth-order valence-corrected chi connectivity index (χ4v) is 2.55. The topological polar surface area (TPSA) is 72.9 Å². The molecule has 0 aromatic rings. The molecule has 0 radical (unpaired) electrons. The molecule has 6 nitrogen and oxygen atoms in total. The zero-order chi connectivity index (χ0) is 15.8. The lowest BCUT2D eigenvalue weighted by Gasteiger charge is -2.33. The molecule has 0 bridgehead atoms. The molecule has 1 heterocycles. The highest BCUT2D eigenvalue weighted by atomic mass is 16.4. The van der Waals surface area contributed by atoms with E-state index < -0.39 is 12.0 Å². The summed E-state index contributed by atoms with van der Waals surface area (Å²) < 4.78 is 0. The van der Waals surface area contributed by atoms with E-state index in [2.05, 4.69) is 22.0 Å². The number of carbonyl (C=O) groups is 2. The Morgan fingerprint density at radius 1 is 1.14 bits per heavy atom. The van der Waals surface area contributed by atoms with E-state index in [1.165, 1.54) is 0 Å². The minimum atomic E-state index is -0.964. The maximum atomic E-state index is 11.8. The Labute approximate surface area is 127 Å². The largest absolute Gasteiger partial charge is 0.480 e. The van der Waals surface area contributed by atoms with Crippen molar-refractivity contribution in [1.29, 1.82) is 0 Å². The molecule has 1 rings (SSSR count). The van der Waals surface area contributed by atoms with Crippen molar-refractivity contribution in [2.75, 3.05) is 39.3 Å². The van der Waals surface area contributed by atoms with Crippen molar-refractivity contribution in [2.45, 2.75) is 39.7 Å². The minimum Gasteiger partial charge on any atom is -0.480 e. The number of aliphatic carboxylic acids is 1. The summed E-state index contributed by atoms with van der Waals surface area (Å²) in [5.41, 5.74) is 0. The van der Waals surface area contributed by atoms with Gasteiger partial charge in [0.1, 0.15) is 6.04 Å². The van der Waals surface area contributed by atoms with Crippen LogP contribution < -0.4 is 5.32 Å². The molecule has 1 aliphatic heterocycles. The number of hydrogen-bond donors (Lipinski definition) is 2.